The number of benzene rings is 2. The number of nitrogens with zero attached hydrogens (tertiary/aromatic N) is 2. The van der Waals surface area contributed by atoms with Crippen LogP contribution in [-0.4, -0.2) is 81.3 Å². The van der Waals surface area contributed by atoms with Crippen LogP contribution >= 0.6 is 23.5 Å². The molecule has 50 heavy (non-hydrogen) atoms. The average molecular weight is 728 g/mol. The Balaban J connectivity index is 1.30. The number of piperidine rings is 1. The number of halogens is 2. The van der Waals surface area contributed by atoms with E-state index >= 15 is 4.39 Å². The molecular formula is C40H55ClFN3O4S. The number of likely N-dealkylation sites (tertiary alicyclic amines) is 1. The quantitative estimate of drug-likeness (QED) is 0.237. The third kappa shape index (κ3) is 8.49. The number of carbonyl (C=O) groups excluding carboxylic acids is 1. The second kappa shape index (κ2) is 17.0. The molecule has 1 aliphatic carbocycles. The van der Waals surface area contributed by atoms with Crippen molar-refractivity contribution in [2.24, 2.45) is 5.92 Å². The van der Waals surface area contributed by atoms with Gasteiger partial charge in [-0.15, -0.1) is 0 Å². The topological polar surface area (TPSA) is 63.3 Å². The Labute approximate surface area is 307 Å². The summed E-state index contributed by atoms with van der Waals surface area (Å²) in [5.41, 5.74) is 4.12. The number of hydrogen-bond acceptors (Lipinski definition) is 7. The van der Waals surface area contributed by atoms with Crippen LogP contribution in [0.1, 0.15) is 93.6 Å². The normalized spacial score (nSPS) is 28.3. The fourth-order valence-electron chi connectivity index (χ4n) is 8.47. The van der Waals surface area contributed by atoms with Crippen LogP contribution in [0.5, 0.6) is 5.75 Å². The van der Waals surface area contributed by atoms with Crippen LogP contribution in [-0.2, 0) is 21.3 Å². The number of hydrogen-bond donors (Lipinski definition) is 1. The molecule has 0 radical (unpaired) electrons. The highest BCUT2D eigenvalue weighted by atomic mass is 35.5. The number of rotatable bonds is 6. The van der Waals surface area contributed by atoms with Gasteiger partial charge in [-0.2, -0.15) is 0 Å². The van der Waals surface area contributed by atoms with Crippen LogP contribution in [0.2, 0.25) is 5.02 Å². The molecule has 1 saturated heterocycles. The van der Waals surface area contributed by atoms with Crippen molar-refractivity contribution in [3.8, 4) is 5.75 Å². The van der Waals surface area contributed by atoms with Gasteiger partial charge in [-0.1, -0.05) is 44.0 Å². The van der Waals surface area contributed by atoms with E-state index in [2.05, 4.69) is 41.4 Å². The fourth-order valence-corrected chi connectivity index (χ4v) is 9.32. The van der Waals surface area contributed by atoms with E-state index in [4.69, 9.17) is 25.8 Å². The molecule has 3 heterocycles. The van der Waals surface area contributed by atoms with Gasteiger partial charge < -0.3 is 24.0 Å². The van der Waals surface area contributed by atoms with E-state index in [1.807, 2.05) is 31.4 Å². The van der Waals surface area contributed by atoms with Gasteiger partial charge >= 0.3 is 0 Å². The Kier molecular flexibility index (Phi) is 12.8. The maximum atomic E-state index is 15.5. The molecule has 0 aromatic heterocycles. The molecule has 2 aromatic rings. The molecule has 4 aliphatic rings. The molecule has 6 rings (SSSR count). The van der Waals surface area contributed by atoms with Crippen LogP contribution in [0.15, 0.2) is 42.0 Å². The average Bonchev–Trinajstić information content (AvgIpc) is 3.28. The van der Waals surface area contributed by atoms with Crippen LogP contribution in [0.25, 0.3) is 0 Å². The summed E-state index contributed by atoms with van der Waals surface area (Å²) in [5, 5.41) is 0.430. The minimum atomic E-state index is -0.406. The number of allylic oxidation sites excluding steroid dienone is 1. The second-order valence-corrected chi connectivity index (χ2v) is 16.5. The molecule has 7 nitrogen and oxygen atoms in total. The molecule has 2 bridgehead atoms. The van der Waals surface area contributed by atoms with Gasteiger partial charge in [0.25, 0.3) is 5.91 Å². The van der Waals surface area contributed by atoms with Gasteiger partial charge in [0.15, 0.2) is 0 Å². The van der Waals surface area contributed by atoms with Crippen molar-refractivity contribution in [2.45, 2.75) is 101 Å². The summed E-state index contributed by atoms with van der Waals surface area (Å²) in [4.78, 5) is 18.3. The largest absolute Gasteiger partial charge is 0.490 e. The SMILES string of the molecule is CCC1CCN2CC3(CCCc4c3ccc(Cl)c4F)COc3ccc(cc32)C(=O)NSC(C)CC/C=C(\C)C1OCCN1CCC(OC)CC1. The number of amides is 1. The monoisotopic (exact) mass is 727 g/mol. The van der Waals surface area contributed by atoms with Crippen molar-refractivity contribution in [2.75, 3.05) is 57.9 Å². The Morgan fingerprint density at radius 3 is 2.74 bits per heavy atom. The Hall–Kier alpha value is -2.30. The Bertz CT molecular complexity index is 1520. The maximum absolute atomic E-state index is 15.5. The first-order valence-corrected chi connectivity index (χ1v) is 20.0. The zero-order chi connectivity index (χ0) is 35.3. The minimum absolute atomic E-state index is 0.0155. The number of methoxy groups -OCH3 is 1. The van der Waals surface area contributed by atoms with E-state index in [-0.39, 0.29) is 28.1 Å². The molecule has 4 unspecified atom stereocenters. The number of nitrogens with one attached hydrogen (secondary N) is 1. The molecule has 10 heteroatoms. The molecule has 2 aromatic carbocycles. The van der Waals surface area contributed by atoms with Gasteiger partial charge in [-0.05, 0) is 117 Å². The predicted octanol–water partition coefficient (Wildman–Crippen LogP) is 8.37. The van der Waals surface area contributed by atoms with Gasteiger partial charge in [0, 0.05) is 56.1 Å². The molecule has 274 valence electrons. The molecule has 0 saturated carbocycles. The van der Waals surface area contributed by atoms with Crippen molar-refractivity contribution in [1.29, 1.82) is 0 Å². The number of anilines is 1. The maximum Gasteiger partial charge on any atom is 0.261 e. The molecular weight excluding hydrogens is 673 g/mol. The van der Waals surface area contributed by atoms with Crippen LogP contribution in [0, 0.1) is 11.7 Å². The Morgan fingerprint density at radius 1 is 1.14 bits per heavy atom. The third-order valence-corrected chi connectivity index (χ3v) is 12.8. The van der Waals surface area contributed by atoms with Crippen molar-refractivity contribution in [3.05, 3.63) is 69.5 Å². The first kappa shape index (κ1) is 37.5. The zero-order valence-corrected chi connectivity index (χ0v) is 31.9. The van der Waals surface area contributed by atoms with Gasteiger partial charge in [0.1, 0.15) is 11.6 Å². The van der Waals surface area contributed by atoms with Gasteiger partial charge in [-0.25, -0.2) is 4.39 Å². The minimum Gasteiger partial charge on any atom is -0.490 e. The lowest BCUT2D eigenvalue weighted by molar-refractivity contribution is 0.00187. The highest BCUT2D eigenvalue weighted by Gasteiger charge is 2.43. The predicted molar refractivity (Wildman–Crippen MR) is 202 cm³/mol. The summed E-state index contributed by atoms with van der Waals surface area (Å²) < 4.78 is 37.6. The number of ether oxygens (including phenoxy) is 3. The molecule has 1 amide bonds. The third-order valence-electron chi connectivity index (χ3n) is 11.5. The van der Waals surface area contributed by atoms with E-state index in [9.17, 15) is 4.79 Å². The van der Waals surface area contributed by atoms with Crippen LogP contribution < -0.4 is 14.4 Å². The lowest BCUT2D eigenvalue weighted by Gasteiger charge is -2.41. The lowest BCUT2D eigenvalue weighted by Crippen LogP contribution is -2.46. The molecule has 1 fully saturated rings. The van der Waals surface area contributed by atoms with Crippen molar-refractivity contribution in [1.82, 2.24) is 9.62 Å². The van der Waals surface area contributed by atoms with Gasteiger partial charge in [0.2, 0.25) is 0 Å². The lowest BCUT2D eigenvalue weighted by atomic mass is 9.70. The summed E-state index contributed by atoms with van der Waals surface area (Å²) in [6, 6.07) is 9.48. The second-order valence-electron chi connectivity index (χ2n) is 14.8. The fraction of sp³-hybridized carbons (Fsp3) is 0.625. The van der Waals surface area contributed by atoms with E-state index in [1.54, 1.807) is 6.07 Å². The highest BCUT2D eigenvalue weighted by molar-refractivity contribution is 7.98. The highest BCUT2D eigenvalue weighted by Crippen LogP contribution is 2.45. The standard InChI is InChI=1S/C40H55ClFN3O4S/c1-5-29-15-21-45-25-40(18-7-10-32-33(40)12-13-34(41)37(32)42)26-49-36-14-11-30(24-35(36)45)39(46)43-50-28(3)9-6-8-27(2)38(29)48-23-22-44-19-16-31(47-4)17-20-44/h8,11-14,24,28-29,31,38H,5-7,9-10,15-23,25-26H2,1-4H3,(H,43,46)/b27-8+. The molecule has 3 aliphatic heterocycles. The van der Waals surface area contributed by atoms with E-state index in [0.717, 1.165) is 94.5 Å². The van der Waals surface area contributed by atoms with E-state index in [1.165, 1.54) is 17.5 Å². The van der Waals surface area contributed by atoms with Crippen molar-refractivity contribution < 1.29 is 23.4 Å². The Morgan fingerprint density at radius 2 is 1.96 bits per heavy atom. The number of fused-ring (bicyclic) bond motifs is 3. The van der Waals surface area contributed by atoms with Crippen molar-refractivity contribution in [3.63, 3.8) is 0 Å². The van der Waals surface area contributed by atoms with Crippen molar-refractivity contribution >= 4 is 35.1 Å². The van der Waals surface area contributed by atoms with E-state index in [0.29, 0.717) is 49.3 Å². The van der Waals surface area contributed by atoms with Gasteiger partial charge in [0.05, 0.1) is 36.1 Å². The van der Waals surface area contributed by atoms with Crippen LogP contribution in [0.3, 0.4) is 0 Å². The summed E-state index contributed by atoms with van der Waals surface area (Å²) in [6.45, 7) is 12.2. The smallest absolute Gasteiger partial charge is 0.261 e. The first-order valence-electron chi connectivity index (χ1n) is 18.7. The first-order chi connectivity index (χ1) is 24.2. The van der Waals surface area contributed by atoms with Crippen LogP contribution in [0.4, 0.5) is 10.1 Å². The summed E-state index contributed by atoms with van der Waals surface area (Å²) >= 11 is 7.77. The van der Waals surface area contributed by atoms with Gasteiger partial charge in [-0.3, -0.25) is 9.52 Å². The zero-order valence-electron chi connectivity index (χ0n) is 30.3. The summed E-state index contributed by atoms with van der Waals surface area (Å²) in [7, 11) is 1.81. The van der Waals surface area contributed by atoms with E-state index < -0.39 is 5.41 Å². The molecule has 4 atom stereocenters. The molecule has 1 spiro atoms. The summed E-state index contributed by atoms with van der Waals surface area (Å²) in [5.74, 6) is 0.653. The summed E-state index contributed by atoms with van der Waals surface area (Å²) in [6.07, 6.45) is 11.1. The molecule has 1 N–H and O–H groups in total. The number of carbonyl (C=O) groups is 1.